The van der Waals surface area contributed by atoms with E-state index in [-0.39, 0.29) is 11.8 Å². The highest BCUT2D eigenvalue weighted by Crippen LogP contribution is 2.49. The first-order valence-corrected chi connectivity index (χ1v) is 10.8. The highest BCUT2D eigenvalue weighted by atomic mass is 35.5. The maximum Gasteiger partial charge on any atom is 0.388 e. The van der Waals surface area contributed by atoms with Crippen molar-refractivity contribution in [3.05, 3.63) is 82.5 Å². The minimum Gasteiger partial charge on any atom is -0.465 e. The summed E-state index contributed by atoms with van der Waals surface area (Å²) in [6.45, 7) is -0.806. The van der Waals surface area contributed by atoms with Crippen molar-refractivity contribution in [2.75, 3.05) is 6.61 Å². The average Bonchev–Trinajstić information content (AvgIpc) is 3.57. The molecular formula is C25H22ClF2NO3. The largest absolute Gasteiger partial charge is 0.465 e. The van der Waals surface area contributed by atoms with E-state index in [2.05, 4.69) is 9.72 Å². The molecule has 1 fully saturated rings. The molecule has 0 N–H and O–H groups in total. The van der Waals surface area contributed by atoms with Crippen LogP contribution in [-0.4, -0.2) is 24.2 Å². The molecule has 0 saturated heterocycles. The summed E-state index contributed by atoms with van der Waals surface area (Å²) in [4.78, 5) is 16.4. The van der Waals surface area contributed by atoms with Crippen LogP contribution in [0.15, 0.2) is 60.8 Å². The van der Waals surface area contributed by atoms with Crippen LogP contribution in [0.1, 0.15) is 36.5 Å². The fourth-order valence-corrected chi connectivity index (χ4v) is 4.01. The van der Waals surface area contributed by atoms with Crippen LogP contribution in [0.25, 0.3) is 11.1 Å². The summed E-state index contributed by atoms with van der Waals surface area (Å²) in [6, 6.07) is 16.5. The van der Waals surface area contributed by atoms with Gasteiger partial charge in [-0.15, -0.1) is 0 Å². The van der Waals surface area contributed by atoms with E-state index in [0.29, 0.717) is 29.2 Å². The van der Waals surface area contributed by atoms with E-state index in [1.165, 1.54) is 6.20 Å². The lowest BCUT2D eigenvalue weighted by molar-refractivity contribution is -0.146. The number of nitrogens with zero attached hydrogens (tertiary/aromatic N) is 1. The minimum absolute atomic E-state index is 0.147. The zero-order chi connectivity index (χ0) is 22.7. The molecule has 0 amide bonds. The molecule has 3 aromatic rings. The van der Waals surface area contributed by atoms with E-state index in [1.54, 1.807) is 37.3 Å². The van der Waals surface area contributed by atoms with Crippen molar-refractivity contribution >= 4 is 17.6 Å². The molecule has 0 bridgehead atoms. The number of pyridine rings is 1. The van der Waals surface area contributed by atoms with Gasteiger partial charge in [-0.3, -0.25) is 4.79 Å². The van der Waals surface area contributed by atoms with E-state index in [0.717, 1.165) is 29.5 Å². The van der Waals surface area contributed by atoms with Crippen LogP contribution in [0.3, 0.4) is 0 Å². The number of aromatic nitrogens is 1. The molecule has 1 heterocycles. The molecule has 166 valence electrons. The molecular weight excluding hydrogens is 436 g/mol. The SMILES string of the molecule is CCOC(=O)C1(c2ccc(Cc3cnc(OC(F)F)c(-c4cccc(Cl)c4)c3)cc2)CC1. The molecule has 1 aromatic heterocycles. The molecule has 2 aromatic carbocycles. The van der Waals surface area contributed by atoms with Gasteiger partial charge in [0.1, 0.15) is 0 Å². The minimum atomic E-state index is -2.98. The van der Waals surface area contributed by atoms with Crippen molar-refractivity contribution in [2.45, 2.75) is 38.2 Å². The molecule has 1 aliphatic rings. The van der Waals surface area contributed by atoms with E-state index in [9.17, 15) is 13.6 Å². The first-order chi connectivity index (χ1) is 15.4. The molecule has 1 aliphatic carbocycles. The highest BCUT2D eigenvalue weighted by molar-refractivity contribution is 6.30. The number of halogens is 3. The zero-order valence-electron chi connectivity index (χ0n) is 17.5. The second kappa shape index (κ2) is 9.25. The molecule has 0 spiro atoms. The van der Waals surface area contributed by atoms with E-state index in [1.807, 2.05) is 24.3 Å². The van der Waals surface area contributed by atoms with Crippen LogP contribution in [0.4, 0.5) is 8.78 Å². The lowest BCUT2D eigenvalue weighted by Crippen LogP contribution is -2.23. The number of alkyl halides is 2. The monoisotopic (exact) mass is 457 g/mol. The fraction of sp³-hybridized carbons (Fsp3) is 0.280. The Labute approximate surface area is 190 Å². The highest BCUT2D eigenvalue weighted by Gasteiger charge is 2.52. The van der Waals surface area contributed by atoms with Crippen molar-refractivity contribution in [1.29, 1.82) is 0 Å². The summed E-state index contributed by atoms with van der Waals surface area (Å²) in [6.07, 6.45) is 3.66. The summed E-state index contributed by atoms with van der Waals surface area (Å²) in [5.41, 5.74) is 3.38. The second-order valence-corrected chi connectivity index (χ2v) is 8.20. The maximum atomic E-state index is 12.9. The summed E-state index contributed by atoms with van der Waals surface area (Å²) in [5, 5.41) is 0.488. The molecule has 0 atom stereocenters. The quantitative estimate of drug-likeness (QED) is 0.378. The van der Waals surface area contributed by atoms with E-state index >= 15 is 0 Å². The average molecular weight is 458 g/mol. The molecule has 4 rings (SSSR count). The van der Waals surface area contributed by atoms with Crippen molar-refractivity contribution in [3.8, 4) is 17.0 Å². The van der Waals surface area contributed by atoms with Crippen LogP contribution < -0.4 is 4.74 Å². The number of hydrogen-bond acceptors (Lipinski definition) is 4. The number of ether oxygens (including phenoxy) is 2. The van der Waals surface area contributed by atoms with Crippen molar-refractivity contribution in [2.24, 2.45) is 0 Å². The normalized spacial score (nSPS) is 14.3. The summed E-state index contributed by atoms with van der Waals surface area (Å²) in [7, 11) is 0. The van der Waals surface area contributed by atoms with Gasteiger partial charge in [0.2, 0.25) is 5.88 Å². The Bertz CT molecular complexity index is 1110. The number of rotatable bonds is 8. The molecule has 1 saturated carbocycles. The Balaban J connectivity index is 1.58. The van der Waals surface area contributed by atoms with Gasteiger partial charge in [-0.05, 0) is 66.6 Å². The summed E-state index contributed by atoms with van der Waals surface area (Å²) >= 11 is 6.08. The van der Waals surface area contributed by atoms with Crippen molar-refractivity contribution in [3.63, 3.8) is 0 Å². The van der Waals surface area contributed by atoms with Gasteiger partial charge in [0, 0.05) is 16.8 Å². The van der Waals surface area contributed by atoms with Gasteiger partial charge in [0.05, 0.1) is 12.0 Å². The number of carbonyl (C=O) groups excluding carboxylic acids is 1. The number of carbonyl (C=O) groups is 1. The topological polar surface area (TPSA) is 48.4 Å². The van der Waals surface area contributed by atoms with Crippen molar-refractivity contribution in [1.82, 2.24) is 4.98 Å². The Morgan fingerprint density at radius 2 is 1.88 bits per heavy atom. The lowest BCUT2D eigenvalue weighted by atomic mass is 9.94. The van der Waals surface area contributed by atoms with Gasteiger partial charge in [-0.1, -0.05) is 48.0 Å². The molecule has 0 radical (unpaired) electrons. The van der Waals surface area contributed by atoms with Crippen LogP contribution >= 0.6 is 11.6 Å². The summed E-state index contributed by atoms with van der Waals surface area (Å²) in [5.74, 6) is -0.316. The first kappa shape index (κ1) is 22.2. The van der Waals surface area contributed by atoms with Gasteiger partial charge in [-0.25, -0.2) is 4.98 Å². The molecule has 0 unspecified atom stereocenters. The lowest BCUT2D eigenvalue weighted by Gasteiger charge is -2.15. The van der Waals surface area contributed by atoms with Crippen LogP contribution in [0, 0.1) is 0 Å². The first-order valence-electron chi connectivity index (χ1n) is 10.4. The Morgan fingerprint density at radius 1 is 1.12 bits per heavy atom. The molecule has 0 aliphatic heterocycles. The third-order valence-electron chi connectivity index (χ3n) is 5.58. The van der Waals surface area contributed by atoms with Gasteiger partial charge in [0.25, 0.3) is 0 Å². The Kier molecular flexibility index (Phi) is 6.42. The van der Waals surface area contributed by atoms with Gasteiger partial charge < -0.3 is 9.47 Å². The molecule has 7 heteroatoms. The second-order valence-electron chi connectivity index (χ2n) is 7.76. The Morgan fingerprint density at radius 3 is 2.50 bits per heavy atom. The summed E-state index contributed by atoms with van der Waals surface area (Å²) < 4.78 is 35.6. The number of benzene rings is 2. The fourth-order valence-electron chi connectivity index (χ4n) is 3.82. The van der Waals surface area contributed by atoms with Gasteiger partial charge in [0.15, 0.2) is 0 Å². The standard InChI is InChI=1S/C25H22ClF2NO3/c1-2-31-23(30)25(10-11-25)19-8-6-16(7-9-19)12-17-13-21(18-4-3-5-20(26)14-18)22(29-15-17)32-24(27)28/h3-9,13-15,24H,2,10-12H2,1H3. The Hall–Kier alpha value is -2.99. The molecule has 32 heavy (non-hydrogen) atoms. The predicted octanol–water partition coefficient (Wildman–Crippen LogP) is 6.19. The maximum absolute atomic E-state index is 12.9. The van der Waals surface area contributed by atoms with Crippen LogP contribution in [0.2, 0.25) is 5.02 Å². The smallest absolute Gasteiger partial charge is 0.388 e. The third kappa shape index (κ3) is 4.75. The van der Waals surface area contributed by atoms with Crippen molar-refractivity contribution < 1.29 is 23.0 Å². The van der Waals surface area contributed by atoms with Gasteiger partial charge >= 0.3 is 12.6 Å². The molecule has 4 nitrogen and oxygen atoms in total. The third-order valence-corrected chi connectivity index (χ3v) is 5.81. The van der Waals surface area contributed by atoms with Crippen LogP contribution in [0.5, 0.6) is 5.88 Å². The number of hydrogen-bond donors (Lipinski definition) is 0. The predicted molar refractivity (Wildman–Crippen MR) is 118 cm³/mol. The number of esters is 1. The van der Waals surface area contributed by atoms with Crippen LogP contribution in [-0.2, 0) is 21.4 Å². The van der Waals surface area contributed by atoms with Gasteiger partial charge in [-0.2, -0.15) is 8.78 Å². The van der Waals surface area contributed by atoms with E-state index in [4.69, 9.17) is 16.3 Å². The van der Waals surface area contributed by atoms with E-state index < -0.39 is 12.0 Å². The zero-order valence-corrected chi connectivity index (χ0v) is 18.2.